The molecule has 0 saturated carbocycles. The fourth-order valence-corrected chi connectivity index (χ4v) is 6.05. The number of hydrogen-bond donors (Lipinski definition) is 0. The van der Waals surface area contributed by atoms with Crippen molar-refractivity contribution >= 4 is 55.1 Å². The molecule has 5 rings (SSSR count). The van der Waals surface area contributed by atoms with Crippen molar-refractivity contribution < 1.29 is 0 Å². The lowest BCUT2D eigenvalue weighted by Crippen LogP contribution is -2.23. The van der Waals surface area contributed by atoms with Gasteiger partial charge in [0, 0.05) is 22.4 Å². The molecule has 0 aliphatic heterocycles. The third-order valence-electron chi connectivity index (χ3n) is 5.62. The van der Waals surface area contributed by atoms with Crippen molar-refractivity contribution in [2.24, 2.45) is 0 Å². The SMILES string of the molecule is CC(C)c1ccc(Cn2c(SCc3ccccc3Cl)nc3c(sc4ncccc43)c2=O)cc1. The van der Waals surface area contributed by atoms with Gasteiger partial charge < -0.3 is 0 Å². The lowest BCUT2D eigenvalue weighted by Gasteiger charge is -2.13. The Hall–Kier alpha value is -2.67. The summed E-state index contributed by atoms with van der Waals surface area (Å²) in [6.45, 7) is 4.82. The van der Waals surface area contributed by atoms with E-state index in [2.05, 4.69) is 43.1 Å². The van der Waals surface area contributed by atoms with E-state index in [9.17, 15) is 4.79 Å². The van der Waals surface area contributed by atoms with Crippen LogP contribution >= 0.6 is 34.7 Å². The molecular formula is C26H22ClN3OS2. The van der Waals surface area contributed by atoms with Gasteiger partial charge in [-0.25, -0.2) is 9.97 Å². The number of pyridine rings is 1. The average molecular weight is 492 g/mol. The van der Waals surface area contributed by atoms with E-state index < -0.39 is 0 Å². The van der Waals surface area contributed by atoms with Crippen LogP contribution < -0.4 is 5.56 Å². The summed E-state index contributed by atoms with van der Waals surface area (Å²) in [6.07, 6.45) is 1.75. The number of hydrogen-bond acceptors (Lipinski definition) is 5. The maximum Gasteiger partial charge on any atom is 0.272 e. The van der Waals surface area contributed by atoms with E-state index in [1.54, 1.807) is 10.8 Å². The molecule has 33 heavy (non-hydrogen) atoms. The van der Waals surface area contributed by atoms with Gasteiger partial charge in [-0.3, -0.25) is 9.36 Å². The molecule has 3 heterocycles. The Morgan fingerprint density at radius 3 is 2.61 bits per heavy atom. The van der Waals surface area contributed by atoms with Gasteiger partial charge in [-0.05, 0) is 40.8 Å². The van der Waals surface area contributed by atoms with Crippen molar-refractivity contribution in [3.05, 3.63) is 98.9 Å². The van der Waals surface area contributed by atoms with E-state index >= 15 is 0 Å². The van der Waals surface area contributed by atoms with Crippen molar-refractivity contribution in [1.29, 1.82) is 0 Å². The average Bonchev–Trinajstić information content (AvgIpc) is 3.20. The quantitative estimate of drug-likeness (QED) is 0.187. The van der Waals surface area contributed by atoms with Crippen LogP contribution in [-0.2, 0) is 12.3 Å². The minimum Gasteiger partial charge on any atom is -0.282 e. The molecule has 0 spiro atoms. The van der Waals surface area contributed by atoms with Crippen LogP contribution in [0.1, 0.15) is 36.5 Å². The summed E-state index contributed by atoms with van der Waals surface area (Å²) in [5, 5.41) is 2.32. The minimum atomic E-state index is -0.0300. The molecule has 3 aromatic heterocycles. The second kappa shape index (κ2) is 9.29. The van der Waals surface area contributed by atoms with Crippen LogP contribution in [0.25, 0.3) is 20.4 Å². The molecule has 166 valence electrons. The van der Waals surface area contributed by atoms with Crippen LogP contribution in [0.3, 0.4) is 0 Å². The van der Waals surface area contributed by atoms with E-state index in [1.165, 1.54) is 28.7 Å². The molecule has 0 fully saturated rings. The third-order valence-corrected chi connectivity index (χ3v) is 8.10. The van der Waals surface area contributed by atoms with Gasteiger partial charge in [0.1, 0.15) is 9.53 Å². The minimum absolute atomic E-state index is 0.0300. The van der Waals surface area contributed by atoms with Gasteiger partial charge in [-0.2, -0.15) is 0 Å². The highest BCUT2D eigenvalue weighted by Crippen LogP contribution is 2.32. The first-order valence-corrected chi connectivity index (χ1v) is 12.9. The molecule has 0 aliphatic carbocycles. The summed E-state index contributed by atoms with van der Waals surface area (Å²) in [6, 6.07) is 20.1. The Kier molecular flexibility index (Phi) is 6.23. The lowest BCUT2D eigenvalue weighted by atomic mass is 10.0. The van der Waals surface area contributed by atoms with Crippen molar-refractivity contribution in [3.8, 4) is 0 Å². The van der Waals surface area contributed by atoms with E-state index in [0.717, 1.165) is 31.9 Å². The summed E-state index contributed by atoms with van der Waals surface area (Å²) in [5.41, 5.74) is 4.06. The second-order valence-electron chi connectivity index (χ2n) is 8.20. The number of thiophene rings is 1. The van der Waals surface area contributed by atoms with E-state index in [1.807, 2.05) is 36.4 Å². The van der Waals surface area contributed by atoms with Crippen LogP contribution in [0, 0.1) is 0 Å². The number of fused-ring (bicyclic) bond motifs is 3. The van der Waals surface area contributed by atoms with Gasteiger partial charge in [0.05, 0.1) is 12.1 Å². The summed E-state index contributed by atoms with van der Waals surface area (Å²) in [7, 11) is 0. The molecule has 0 unspecified atom stereocenters. The highest BCUT2D eigenvalue weighted by molar-refractivity contribution is 7.98. The molecular weight excluding hydrogens is 470 g/mol. The Labute approximate surface area is 205 Å². The van der Waals surface area contributed by atoms with Crippen LogP contribution in [0.5, 0.6) is 0 Å². The Bertz CT molecular complexity index is 1510. The van der Waals surface area contributed by atoms with E-state index in [-0.39, 0.29) is 5.56 Å². The van der Waals surface area contributed by atoms with Gasteiger partial charge in [0.2, 0.25) is 0 Å². The zero-order valence-electron chi connectivity index (χ0n) is 18.3. The molecule has 2 aromatic carbocycles. The fraction of sp³-hybridized carbons (Fsp3) is 0.192. The number of rotatable bonds is 6. The molecule has 0 atom stereocenters. The largest absolute Gasteiger partial charge is 0.282 e. The summed E-state index contributed by atoms with van der Waals surface area (Å²) in [5.74, 6) is 1.09. The molecule has 0 aliphatic rings. The standard InChI is InChI=1S/C26H22ClN3OS2/c1-16(2)18-11-9-17(10-12-18)14-30-25(31)23-22(20-7-5-13-28-24(20)33-23)29-26(30)32-15-19-6-3-4-8-21(19)27/h3-13,16H,14-15H2,1-2H3. The first-order valence-electron chi connectivity index (χ1n) is 10.7. The molecule has 0 N–H and O–H groups in total. The first-order chi connectivity index (χ1) is 16.0. The van der Waals surface area contributed by atoms with Gasteiger partial charge in [0.15, 0.2) is 5.16 Å². The summed E-state index contributed by atoms with van der Waals surface area (Å²) < 4.78 is 2.42. The predicted molar refractivity (Wildman–Crippen MR) is 140 cm³/mol. The number of thioether (sulfide) groups is 1. The summed E-state index contributed by atoms with van der Waals surface area (Å²) in [4.78, 5) is 23.9. The third kappa shape index (κ3) is 4.43. The van der Waals surface area contributed by atoms with Gasteiger partial charge in [-0.1, -0.05) is 79.7 Å². The molecule has 5 aromatic rings. The molecule has 0 saturated heterocycles. The maximum absolute atomic E-state index is 13.6. The highest BCUT2D eigenvalue weighted by Gasteiger charge is 2.17. The van der Waals surface area contributed by atoms with E-state index in [4.69, 9.17) is 16.6 Å². The number of aromatic nitrogens is 3. The maximum atomic E-state index is 13.6. The van der Waals surface area contributed by atoms with Crippen LogP contribution in [0.4, 0.5) is 0 Å². The molecule has 7 heteroatoms. The van der Waals surface area contributed by atoms with Crippen molar-refractivity contribution in [1.82, 2.24) is 14.5 Å². The number of nitrogens with zero attached hydrogens (tertiary/aromatic N) is 3. The topological polar surface area (TPSA) is 47.8 Å². The van der Waals surface area contributed by atoms with Crippen molar-refractivity contribution in [3.63, 3.8) is 0 Å². The number of benzene rings is 2. The fourth-order valence-electron chi connectivity index (χ4n) is 3.74. The smallest absolute Gasteiger partial charge is 0.272 e. The van der Waals surface area contributed by atoms with E-state index in [0.29, 0.717) is 28.1 Å². The Balaban J connectivity index is 1.60. The normalized spacial score (nSPS) is 11.6. The number of halogens is 1. The molecule has 4 nitrogen and oxygen atoms in total. The predicted octanol–water partition coefficient (Wildman–Crippen LogP) is 7.12. The Morgan fingerprint density at radius 2 is 1.85 bits per heavy atom. The van der Waals surface area contributed by atoms with Gasteiger partial charge >= 0.3 is 0 Å². The zero-order chi connectivity index (χ0) is 22.9. The monoisotopic (exact) mass is 491 g/mol. The van der Waals surface area contributed by atoms with Crippen LogP contribution in [0.15, 0.2) is 76.8 Å². The summed E-state index contributed by atoms with van der Waals surface area (Å²) >= 11 is 9.32. The van der Waals surface area contributed by atoms with Crippen molar-refractivity contribution in [2.75, 3.05) is 0 Å². The molecule has 0 bridgehead atoms. The first kappa shape index (κ1) is 22.1. The molecule has 0 radical (unpaired) electrons. The van der Waals surface area contributed by atoms with Crippen LogP contribution in [0.2, 0.25) is 5.02 Å². The zero-order valence-corrected chi connectivity index (χ0v) is 20.7. The van der Waals surface area contributed by atoms with Gasteiger partial charge in [-0.15, -0.1) is 11.3 Å². The second-order valence-corrected chi connectivity index (χ2v) is 10.5. The highest BCUT2D eigenvalue weighted by atomic mass is 35.5. The molecule has 0 amide bonds. The van der Waals surface area contributed by atoms with Crippen molar-refractivity contribution in [2.45, 2.75) is 37.2 Å². The van der Waals surface area contributed by atoms with Gasteiger partial charge in [0.25, 0.3) is 5.56 Å². The van der Waals surface area contributed by atoms with Crippen LogP contribution in [-0.4, -0.2) is 14.5 Å². The lowest BCUT2D eigenvalue weighted by molar-refractivity contribution is 0.659. The Morgan fingerprint density at radius 1 is 1.06 bits per heavy atom.